The quantitative estimate of drug-likeness (QED) is 0.456. The van der Waals surface area contributed by atoms with Crippen LogP contribution in [0.3, 0.4) is 0 Å². The maximum Gasteiger partial charge on any atom is 0.453 e. The first-order chi connectivity index (χ1) is 13.3. The molecule has 0 saturated heterocycles. The van der Waals surface area contributed by atoms with E-state index in [0.717, 1.165) is 0 Å². The van der Waals surface area contributed by atoms with Crippen LogP contribution < -0.4 is 4.74 Å². The molecule has 0 aromatic heterocycles. The number of halogens is 8. The largest absolute Gasteiger partial charge is 0.491 e. The maximum absolute atomic E-state index is 13.2. The highest BCUT2D eigenvalue weighted by Gasteiger charge is 2.65. The average molecular weight is 444 g/mol. The van der Waals surface area contributed by atoms with E-state index < -0.39 is 50.9 Å². The highest BCUT2D eigenvalue weighted by Crippen LogP contribution is 2.41. The smallest absolute Gasteiger partial charge is 0.453 e. The first-order valence-corrected chi connectivity index (χ1v) is 7.66. The summed E-state index contributed by atoms with van der Waals surface area (Å²) in [5, 5.41) is 18.4. The van der Waals surface area contributed by atoms with Crippen molar-refractivity contribution in [2.45, 2.75) is 37.6 Å². The van der Waals surface area contributed by atoms with Crippen LogP contribution in [0.15, 0.2) is 24.3 Å². The zero-order chi connectivity index (χ0) is 22.3. The lowest BCUT2D eigenvalue weighted by molar-refractivity contribution is -0.500. The fourth-order valence-electron chi connectivity index (χ4n) is 1.70. The van der Waals surface area contributed by atoms with Crippen molar-refractivity contribution in [3.8, 4) is 5.75 Å². The van der Waals surface area contributed by atoms with E-state index in [-0.39, 0.29) is 12.4 Å². The van der Waals surface area contributed by atoms with E-state index in [1.54, 1.807) is 0 Å². The first kappa shape index (κ1) is 25.3. The van der Waals surface area contributed by atoms with Gasteiger partial charge in [0.1, 0.15) is 25.1 Å². The van der Waals surface area contributed by atoms with Gasteiger partial charge in [-0.05, 0) is 17.7 Å². The molecule has 0 aliphatic rings. The van der Waals surface area contributed by atoms with E-state index in [2.05, 4.69) is 14.2 Å². The number of rotatable bonds is 13. The minimum absolute atomic E-state index is 0.216. The third kappa shape index (κ3) is 8.65. The molecule has 168 valence electrons. The molecule has 0 saturated carbocycles. The number of benzene rings is 1. The van der Waals surface area contributed by atoms with Crippen molar-refractivity contribution < 1.29 is 64.3 Å². The molecule has 1 unspecified atom stereocenters. The summed E-state index contributed by atoms with van der Waals surface area (Å²) in [6, 6.07) is 5.88. The second kappa shape index (κ2) is 10.3. The molecule has 6 nitrogen and oxygen atoms in total. The summed E-state index contributed by atoms with van der Waals surface area (Å²) in [5.74, 6) is 0.246. The molecule has 0 radical (unpaired) electrons. The average Bonchev–Trinajstić information content (AvgIpc) is 2.58. The summed E-state index contributed by atoms with van der Waals surface area (Å²) in [7, 11) is 0. The van der Waals surface area contributed by atoms with Crippen LogP contribution in [-0.4, -0.2) is 61.1 Å². The number of aliphatic hydroxyl groups excluding tert-OH is 2. The van der Waals surface area contributed by atoms with Crippen LogP contribution >= 0.6 is 0 Å². The Morgan fingerprint density at radius 3 is 2.00 bits per heavy atom. The van der Waals surface area contributed by atoms with Crippen LogP contribution in [0.4, 0.5) is 35.1 Å². The fourth-order valence-corrected chi connectivity index (χ4v) is 1.70. The molecule has 1 aromatic rings. The molecule has 1 rings (SSSR count). The van der Waals surface area contributed by atoms with Crippen molar-refractivity contribution in [1.82, 2.24) is 0 Å². The predicted molar refractivity (Wildman–Crippen MR) is 77.7 cm³/mol. The van der Waals surface area contributed by atoms with Crippen molar-refractivity contribution in [1.29, 1.82) is 0 Å². The molecule has 0 amide bonds. The summed E-state index contributed by atoms with van der Waals surface area (Å²) in [4.78, 5) is 0. The van der Waals surface area contributed by atoms with E-state index in [1.807, 2.05) is 0 Å². The zero-order valence-corrected chi connectivity index (χ0v) is 14.3. The Morgan fingerprint density at radius 2 is 1.48 bits per heavy atom. The van der Waals surface area contributed by atoms with Crippen molar-refractivity contribution in [3.63, 3.8) is 0 Å². The summed E-state index contributed by atoms with van der Waals surface area (Å²) in [6.45, 7) is -7.95. The number of hydrogen-bond donors (Lipinski definition) is 2. The van der Waals surface area contributed by atoms with Crippen molar-refractivity contribution in [2.24, 2.45) is 0 Å². The molecule has 0 spiro atoms. The van der Waals surface area contributed by atoms with Gasteiger partial charge in [0, 0.05) is 0 Å². The van der Waals surface area contributed by atoms with Crippen LogP contribution in [0.1, 0.15) is 5.56 Å². The van der Waals surface area contributed by atoms with Gasteiger partial charge in [-0.15, -0.1) is 0 Å². The molecule has 0 aliphatic heterocycles. The molecular formula is C15H16F8O6. The van der Waals surface area contributed by atoms with Crippen molar-refractivity contribution >= 4 is 0 Å². The summed E-state index contributed by atoms with van der Waals surface area (Å²) in [6.07, 6.45) is -18.7. The van der Waals surface area contributed by atoms with Gasteiger partial charge in [-0.2, -0.15) is 35.1 Å². The third-order valence-corrected chi connectivity index (χ3v) is 2.98. The Morgan fingerprint density at radius 1 is 0.897 bits per heavy atom. The van der Waals surface area contributed by atoms with E-state index >= 15 is 0 Å². The molecule has 29 heavy (non-hydrogen) atoms. The monoisotopic (exact) mass is 444 g/mol. The Balaban J connectivity index is 2.43. The van der Waals surface area contributed by atoms with Gasteiger partial charge in [0.15, 0.2) is 0 Å². The zero-order valence-electron chi connectivity index (χ0n) is 14.3. The first-order valence-electron chi connectivity index (χ1n) is 7.66. The molecular weight excluding hydrogens is 428 g/mol. The van der Waals surface area contributed by atoms with Gasteiger partial charge in [0.05, 0.1) is 13.2 Å². The van der Waals surface area contributed by atoms with Gasteiger partial charge in [0.25, 0.3) is 0 Å². The van der Waals surface area contributed by atoms with E-state index in [0.29, 0.717) is 5.56 Å². The summed E-state index contributed by atoms with van der Waals surface area (Å²) < 4.78 is 115. The van der Waals surface area contributed by atoms with Crippen LogP contribution in [0.25, 0.3) is 0 Å². The number of ether oxygens (including phenoxy) is 4. The van der Waals surface area contributed by atoms with Gasteiger partial charge in [-0.25, -0.2) is 4.74 Å². The minimum atomic E-state index is -6.10. The van der Waals surface area contributed by atoms with E-state index in [1.165, 1.54) is 24.3 Å². The molecule has 14 heteroatoms. The number of alkyl halides is 8. The molecule has 1 aromatic carbocycles. The lowest BCUT2D eigenvalue weighted by Crippen LogP contribution is -2.50. The second-order valence-electron chi connectivity index (χ2n) is 5.43. The fraction of sp³-hybridized carbons (Fsp3) is 0.600. The Labute approximate surface area is 158 Å². The highest BCUT2D eigenvalue weighted by atomic mass is 19.3. The highest BCUT2D eigenvalue weighted by molar-refractivity contribution is 5.26. The molecule has 0 fully saturated rings. The lowest BCUT2D eigenvalue weighted by Gasteiger charge is -2.28. The maximum atomic E-state index is 13.2. The molecule has 0 bridgehead atoms. The minimum Gasteiger partial charge on any atom is -0.491 e. The van der Waals surface area contributed by atoms with Gasteiger partial charge in [-0.1, -0.05) is 12.1 Å². The summed E-state index contributed by atoms with van der Waals surface area (Å²) >= 11 is 0. The SMILES string of the molecule is OCc1ccc(OCC(O)COCC(F)(F)OC(F)(F)C(F)(F)OC(F)F)cc1. The topological polar surface area (TPSA) is 77.4 Å². The number of hydrogen-bond acceptors (Lipinski definition) is 6. The van der Waals surface area contributed by atoms with Crippen molar-refractivity contribution in [3.05, 3.63) is 29.8 Å². The Kier molecular flexibility index (Phi) is 9.02. The van der Waals surface area contributed by atoms with Gasteiger partial charge >= 0.3 is 24.9 Å². The van der Waals surface area contributed by atoms with Gasteiger partial charge in [-0.3, -0.25) is 4.74 Å². The Hall–Kier alpha value is -1.74. The standard InChI is InChI=1S/C15H16F8O6/c16-12(17)28-14(20,21)15(22,23)29-13(18,19)8-26-6-10(25)7-27-11-3-1-9(5-24)2-4-11/h1-4,10,12,24-25H,5-8H2. The van der Waals surface area contributed by atoms with Crippen LogP contribution in [0.5, 0.6) is 5.75 Å². The van der Waals surface area contributed by atoms with Gasteiger partial charge in [0.2, 0.25) is 0 Å². The molecule has 0 aliphatic carbocycles. The van der Waals surface area contributed by atoms with E-state index in [4.69, 9.17) is 9.84 Å². The predicted octanol–water partition coefficient (Wildman–Crippen LogP) is 2.97. The molecule has 1 atom stereocenters. The summed E-state index contributed by atoms with van der Waals surface area (Å²) in [5.41, 5.74) is 0.574. The lowest BCUT2D eigenvalue weighted by atomic mass is 10.2. The second-order valence-corrected chi connectivity index (χ2v) is 5.43. The van der Waals surface area contributed by atoms with Gasteiger partial charge < -0.3 is 19.7 Å². The van der Waals surface area contributed by atoms with E-state index in [9.17, 15) is 40.2 Å². The molecule has 0 heterocycles. The van der Waals surface area contributed by atoms with Crippen LogP contribution in [0.2, 0.25) is 0 Å². The molecule has 2 N–H and O–H groups in total. The Bertz CT molecular complexity index is 613. The van der Waals surface area contributed by atoms with Crippen LogP contribution in [0, 0.1) is 0 Å². The normalized spacial score (nSPS) is 14.3. The van der Waals surface area contributed by atoms with Crippen LogP contribution in [-0.2, 0) is 20.8 Å². The number of aliphatic hydroxyl groups is 2. The van der Waals surface area contributed by atoms with Crippen molar-refractivity contribution in [2.75, 3.05) is 19.8 Å². The third-order valence-electron chi connectivity index (χ3n) is 2.98.